The number of nitro groups is 1. The van der Waals surface area contributed by atoms with Gasteiger partial charge in [-0.15, -0.1) is 0 Å². The minimum absolute atomic E-state index is 0.0590. The second-order valence-corrected chi connectivity index (χ2v) is 5.10. The molecule has 1 aromatic heterocycles. The molecule has 0 aliphatic carbocycles. The van der Waals surface area contributed by atoms with Crippen molar-refractivity contribution in [3.05, 3.63) is 64.0 Å². The van der Waals surface area contributed by atoms with Crippen molar-refractivity contribution in [2.45, 2.75) is 6.61 Å². The molecule has 0 amide bonds. The predicted molar refractivity (Wildman–Crippen MR) is 89.1 cm³/mol. The van der Waals surface area contributed by atoms with Gasteiger partial charge in [0.2, 0.25) is 5.82 Å². The van der Waals surface area contributed by atoms with Crippen LogP contribution >= 0.6 is 0 Å². The number of carbonyl (C=O) groups excluding carboxylic acids is 1. The second kappa shape index (κ2) is 7.43. The standard InChI is InChI=1S/C17H13N3O6/c1-24-15-5-3-2-4-13(15)17-18-16(26-19-17)10-25-14-7-6-12(20(22)23)8-11(14)9-21/h2-9H,10H2,1H3. The molecule has 0 spiro atoms. The molecule has 3 rings (SSSR count). The third-order valence-electron chi connectivity index (χ3n) is 3.50. The largest absolute Gasteiger partial charge is 0.496 e. The lowest BCUT2D eigenvalue weighted by molar-refractivity contribution is -0.384. The van der Waals surface area contributed by atoms with Crippen LogP contribution in [-0.4, -0.2) is 28.5 Å². The molecule has 3 aromatic rings. The minimum atomic E-state index is -0.589. The van der Waals surface area contributed by atoms with E-state index in [9.17, 15) is 14.9 Å². The van der Waals surface area contributed by atoms with E-state index in [1.807, 2.05) is 12.1 Å². The lowest BCUT2D eigenvalue weighted by Gasteiger charge is -2.05. The maximum absolute atomic E-state index is 11.1. The van der Waals surface area contributed by atoms with Gasteiger partial charge in [-0.2, -0.15) is 4.98 Å². The summed E-state index contributed by atoms with van der Waals surface area (Å²) < 4.78 is 15.9. The fourth-order valence-electron chi connectivity index (χ4n) is 2.26. The highest BCUT2D eigenvalue weighted by atomic mass is 16.6. The Morgan fingerprint density at radius 1 is 1.23 bits per heavy atom. The summed E-state index contributed by atoms with van der Waals surface area (Å²) in [6, 6.07) is 10.9. The first-order valence-electron chi connectivity index (χ1n) is 7.44. The highest BCUT2D eigenvalue weighted by molar-refractivity contribution is 5.80. The van der Waals surface area contributed by atoms with Gasteiger partial charge in [0.05, 0.1) is 23.2 Å². The number of ether oxygens (including phenoxy) is 2. The van der Waals surface area contributed by atoms with Gasteiger partial charge in [0.15, 0.2) is 12.9 Å². The van der Waals surface area contributed by atoms with Crippen LogP contribution in [0.4, 0.5) is 5.69 Å². The van der Waals surface area contributed by atoms with E-state index in [-0.39, 0.29) is 29.5 Å². The number of hydrogen-bond acceptors (Lipinski definition) is 8. The Labute approximate surface area is 147 Å². The topological polar surface area (TPSA) is 118 Å². The smallest absolute Gasteiger partial charge is 0.270 e. The highest BCUT2D eigenvalue weighted by Crippen LogP contribution is 2.28. The van der Waals surface area contributed by atoms with Crippen LogP contribution in [0.2, 0.25) is 0 Å². The van der Waals surface area contributed by atoms with Crippen molar-refractivity contribution >= 4 is 12.0 Å². The van der Waals surface area contributed by atoms with Gasteiger partial charge in [0.25, 0.3) is 11.6 Å². The zero-order valence-electron chi connectivity index (χ0n) is 13.6. The van der Waals surface area contributed by atoms with Gasteiger partial charge in [0, 0.05) is 12.1 Å². The normalized spacial score (nSPS) is 10.3. The molecule has 9 heteroatoms. The Morgan fingerprint density at radius 2 is 2.04 bits per heavy atom. The first kappa shape index (κ1) is 17.1. The van der Waals surface area contributed by atoms with E-state index in [1.54, 1.807) is 19.2 Å². The summed E-state index contributed by atoms with van der Waals surface area (Å²) in [6.45, 7) is -0.0964. The van der Waals surface area contributed by atoms with Crippen molar-refractivity contribution in [2.75, 3.05) is 7.11 Å². The van der Waals surface area contributed by atoms with Gasteiger partial charge >= 0.3 is 0 Å². The first-order chi connectivity index (χ1) is 12.6. The quantitative estimate of drug-likeness (QED) is 0.360. The van der Waals surface area contributed by atoms with Gasteiger partial charge in [-0.1, -0.05) is 17.3 Å². The number of para-hydroxylation sites is 1. The second-order valence-electron chi connectivity index (χ2n) is 5.10. The molecule has 0 atom stereocenters. The minimum Gasteiger partial charge on any atom is -0.496 e. The van der Waals surface area contributed by atoms with E-state index in [4.69, 9.17) is 14.0 Å². The molecule has 0 fully saturated rings. The fourth-order valence-corrected chi connectivity index (χ4v) is 2.26. The molecule has 2 aromatic carbocycles. The van der Waals surface area contributed by atoms with Crippen LogP contribution in [0, 0.1) is 10.1 Å². The summed E-state index contributed by atoms with van der Waals surface area (Å²) in [5.74, 6) is 1.29. The summed E-state index contributed by atoms with van der Waals surface area (Å²) >= 11 is 0. The summed E-state index contributed by atoms with van der Waals surface area (Å²) in [5, 5.41) is 14.6. The molecule has 0 unspecified atom stereocenters. The van der Waals surface area contributed by atoms with Crippen molar-refractivity contribution < 1.29 is 23.7 Å². The average molecular weight is 355 g/mol. The molecule has 26 heavy (non-hydrogen) atoms. The lowest BCUT2D eigenvalue weighted by Crippen LogP contribution is -2.00. The Hall–Kier alpha value is -3.75. The molecule has 0 saturated carbocycles. The number of nitrogens with zero attached hydrogens (tertiary/aromatic N) is 3. The van der Waals surface area contributed by atoms with Crippen LogP contribution in [0.25, 0.3) is 11.4 Å². The maximum Gasteiger partial charge on any atom is 0.270 e. The highest BCUT2D eigenvalue weighted by Gasteiger charge is 2.15. The number of benzene rings is 2. The maximum atomic E-state index is 11.1. The third kappa shape index (κ3) is 3.51. The number of carbonyl (C=O) groups is 1. The fraction of sp³-hybridized carbons (Fsp3) is 0.118. The van der Waals surface area contributed by atoms with Crippen LogP contribution < -0.4 is 9.47 Å². The van der Waals surface area contributed by atoms with Crippen LogP contribution in [0.1, 0.15) is 16.2 Å². The van der Waals surface area contributed by atoms with Crippen molar-refractivity contribution in [3.8, 4) is 22.9 Å². The summed E-state index contributed by atoms with van der Waals surface area (Å²) in [7, 11) is 1.54. The van der Waals surface area contributed by atoms with E-state index in [2.05, 4.69) is 10.1 Å². The van der Waals surface area contributed by atoms with E-state index in [1.165, 1.54) is 12.1 Å². The predicted octanol–water partition coefficient (Wildman–Crippen LogP) is 3.04. The van der Waals surface area contributed by atoms with E-state index < -0.39 is 4.92 Å². The number of methoxy groups -OCH3 is 1. The number of non-ortho nitro benzene ring substituents is 1. The van der Waals surface area contributed by atoms with E-state index in [0.717, 1.165) is 6.07 Å². The average Bonchev–Trinajstić information content (AvgIpc) is 3.14. The van der Waals surface area contributed by atoms with Gasteiger partial charge in [0.1, 0.15) is 11.5 Å². The molecule has 0 aliphatic heterocycles. The van der Waals surface area contributed by atoms with Gasteiger partial charge in [-0.05, 0) is 18.2 Å². The molecule has 0 bridgehead atoms. The molecule has 9 nitrogen and oxygen atoms in total. The van der Waals surface area contributed by atoms with Crippen LogP contribution in [0.5, 0.6) is 11.5 Å². The number of rotatable bonds is 7. The Balaban J connectivity index is 1.76. The molecule has 1 heterocycles. The Morgan fingerprint density at radius 3 is 2.77 bits per heavy atom. The Bertz CT molecular complexity index is 953. The first-order valence-corrected chi connectivity index (χ1v) is 7.44. The van der Waals surface area contributed by atoms with Crippen LogP contribution in [0.15, 0.2) is 47.0 Å². The molecule has 132 valence electrons. The number of aldehydes is 1. The van der Waals surface area contributed by atoms with Crippen molar-refractivity contribution in [1.29, 1.82) is 0 Å². The van der Waals surface area contributed by atoms with Gasteiger partial charge in [-0.3, -0.25) is 14.9 Å². The Kier molecular flexibility index (Phi) is 4.88. The van der Waals surface area contributed by atoms with Crippen molar-refractivity contribution in [3.63, 3.8) is 0 Å². The third-order valence-corrected chi connectivity index (χ3v) is 3.50. The molecule has 0 aliphatic rings. The number of hydrogen-bond donors (Lipinski definition) is 0. The zero-order chi connectivity index (χ0) is 18.5. The summed E-state index contributed by atoms with van der Waals surface area (Å²) in [5.41, 5.74) is 0.522. The van der Waals surface area contributed by atoms with E-state index in [0.29, 0.717) is 23.4 Å². The molecular formula is C17H13N3O6. The monoisotopic (exact) mass is 355 g/mol. The number of aromatic nitrogens is 2. The number of nitro benzene ring substituents is 1. The molecule has 0 radical (unpaired) electrons. The lowest BCUT2D eigenvalue weighted by atomic mass is 10.2. The SMILES string of the molecule is COc1ccccc1-c1noc(COc2ccc([N+](=O)[O-])cc2C=O)n1. The van der Waals surface area contributed by atoms with Crippen molar-refractivity contribution in [2.24, 2.45) is 0 Å². The molecule has 0 N–H and O–H groups in total. The summed E-state index contributed by atoms with van der Waals surface area (Å²) in [4.78, 5) is 25.5. The summed E-state index contributed by atoms with van der Waals surface area (Å²) in [6.07, 6.45) is 0.483. The van der Waals surface area contributed by atoms with E-state index >= 15 is 0 Å². The molecule has 0 saturated heterocycles. The van der Waals surface area contributed by atoms with Crippen LogP contribution in [0.3, 0.4) is 0 Å². The molecular weight excluding hydrogens is 342 g/mol. The van der Waals surface area contributed by atoms with Crippen LogP contribution in [-0.2, 0) is 6.61 Å². The zero-order valence-corrected chi connectivity index (χ0v) is 13.6. The van der Waals surface area contributed by atoms with Crippen molar-refractivity contribution in [1.82, 2.24) is 10.1 Å². The van der Waals surface area contributed by atoms with Gasteiger partial charge in [-0.25, -0.2) is 0 Å². The van der Waals surface area contributed by atoms with Gasteiger partial charge < -0.3 is 14.0 Å².